The Labute approximate surface area is 83.1 Å². The highest BCUT2D eigenvalue weighted by molar-refractivity contribution is 6.62. The zero-order chi connectivity index (χ0) is 8.55. The fourth-order valence-corrected chi connectivity index (χ4v) is 1.58. The van der Waals surface area contributed by atoms with Crippen LogP contribution in [0.4, 0.5) is 4.79 Å². The van der Waals surface area contributed by atoms with E-state index in [1.807, 2.05) is 24.3 Å². The third-order valence-corrected chi connectivity index (χ3v) is 2.33. The van der Waals surface area contributed by atoms with Crippen molar-refractivity contribution in [2.75, 3.05) is 0 Å². The van der Waals surface area contributed by atoms with E-state index in [0.29, 0.717) is 13.1 Å². The smallest absolute Gasteiger partial charge is 0.316 e. The number of fused-ring (bicyclic) bond motifs is 1. The van der Waals surface area contributed by atoms with Crippen molar-refractivity contribution < 1.29 is 4.79 Å². The highest BCUT2D eigenvalue weighted by atomic mass is 35.5. The van der Waals surface area contributed by atoms with Crippen molar-refractivity contribution in [1.82, 2.24) is 4.90 Å². The number of rotatable bonds is 0. The van der Waals surface area contributed by atoms with Gasteiger partial charge < -0.3 is 4.90 Å². The number of nitrogens with zero attached hydrogens (tertiary/aromatic N) is 1. The lowest BCUT2D eigenvalue weighted by Gasteiger charge is -2.08. The molecule has 1 aromatic rings. The van der Waals surface area contributed by atoms with Crippen molar-refractivity contribution in [3.05, 3.63) is 35.4 Å². The first-order valence-corrected chi connectivity index (χ1v) is 4.16. The molecule has 3 heteroatoms. The summed E-state index contributed by atoms with van der Waals surface area (Å²) in [5.41, 5.74) is 2.40. The van der Waals surface area contributed by atoms with Gasteiger partial charge in [-0.15, -0.1) is 0 Å². The molecule has 0 bridgehead atoms. The summed E-state index contributed by atoms with van der Waals surface area (Å²) < 4.78 is 0. The SMILES string of the molecule is C.O=C(Cl)N1Cc2ccccc2C1. The molecule has 0 unspecified atom stereocenters. The molecule has 1 amide bonds. The third-order valence-electron chi connectivity index (χ3n) is 2.09. The minimum Gasteiger partial charge on any atom is -0.321 e. The molecule has 13 heavy (non-hydrogen) atoms. The van der Waals surface area contributed by atoms with Gasteiger partial charge in [0.1, 0.15) is 0 Å². The Morgan fingerprint density at radius 2 is 1.69 bits per heavy atom. The van der Waals surface area contributed by atoms with Gasteiger partial charge in [0, 0.05) is 13.1 Å². The summed E-state index contributed by atoms with van der Waals surface area (Å²) in [6.45, 7) is 1.30. The molecule has 0 radical (unpaired) electrons. The summed E-state index contributed by atoms with van der Waals surface area (Å²) in [6.07, 6.45) is 0. The molecule has 2 rings (SSSR count). The van der Waals surface area contributed by atoms with Crippen molar-refractivity contribution >= 4 is 17.0 Å². The average molecular weight is 198 g/mol. The van der Waals surface area contributed by atoms with E-state index in [2.05, 4.69) is 0 Å². The number of halogens is 1. The van der Waals surface area contributed by atoms with Crippen LogP contribution in [-0.4, -0.2) is 10.3 Å². The van der Waals surface area contributed by atoms with Gasteiger partial charge in [-0.2, -0.15) is 0 Å². The maximum atomic E-state index is 10.8. The van der Waals surface area contributed by atoms with Crippen molar-refractivity contribution in [3.63, 3.8) is 0 Å². The van der Waals surface area contributed by atoms with E-state index in [1.165, 1.54) is 11.1 Å². The Balaban J connectivity index is 0.000000845. The lowest BCUT2D eigenvalue weighted by molar-refractivity contribution is 0.223. The molecule has 0 aliphatic carbocycles. The first-order valence-electron chi connectivity index (χ1n) is 3.78. The standard InChI is InChI=1S/C9H8ClNO.CH4/c10-9(12)11-5-7-3-1-2-4-8(7)6-11;/h1-4H,5-6H2;1H4. The summed E-state index contributed by atoms with van der Waals surface area (Å²) in [6, 6.07) is 7.99. The molecule has 0 N–H and O–H groups in total. The zero-order valence-corrected chi connectivity index (χ0v) is 7.21. The summed E-state index contributed by atoms with van der Waals surface area (Å²) >= 11 is 5.36. The van der Waals surface area contributed by atoms with Crippen LogP contribution in [0, 0.1) is 0 Å². The number of carbonyl (C=O) groups is 1. The van der Waals surface area contributed by atoms with Crippen LogP contribution in [0.5, 0.6) is 0 Å². The molecule has 0 fully saturated rings. The number of hydrogen-bond donors (Lipinski definition) is 0. The number of hydrogen-bond acceptors (Lipinski definition) is 1. The van der Waals surface area contributed by atoms with Gasteiger partial charge in [0.2, 0.25) is 0 Å². The second-order valence-corrected chi connectivity index (χ2v) is 3.20. The van der Waals surface area contributed by atoms with E-state index in [1.54, 1.807) is 4.90 Å². The highest BCUT2D eigenvalue weighted by Gasteiger charge is 2.20. The maximum Gasteiger partial charge on any atom is 0.316 e. The van der Waals surface area contributed by atoms with Crippen LogP contribution in [0.2, 0.25) is 0 Å². The van der Waals surface area contributed by atoms with Crippen LogP contribution in [0.15, 0.2) is 24.3 Å². The molecule has 1 aromatic carbocycles. The van der Waals surface area contributed by atoms with Crippen molar-refractivity contribution in [2.45, 2.75) is 20.5 Å². The van der Waals surface area contributed by atoms with Crippen molar-refractivity contribution in [2.24, 2.45) is 0 Å². The quantitative estimate of drug-likeness (QED) is 0.463. The molecular formula is C10H12ClNO. The summed E-state index contributed by atoms with van der Waals surface area (Å²) in [5, 5.41) is -0.369. The van der Waals surface area contributed by atoms with Crippen LogP contribution >= 0.6 is 11.6 Å². The van der Waals surface area contributed by atoms with E-state index < -0.39 is 0 Å². The molecule has 0 atom stereocenters. The van der Waals surface area contributed by atoms with Crippen LogP contribution < -0.4 is 0 Å². The van der Waals surface area contributed by atoms with Crippen LogP contribution in [-0.2, 0) is 13.1 Å². The molecule has 1 heterocycles. The van der Waals surface area contributed by atoms with E-state index in [-0.39, 0.29) is 12.8 Å². The Morgan fingerprint density at radius 3 is 2.08 bits per heavy atom. The number of amides is 1. The second kappa shape index (κ2) is 3.79. The monoisotopic (exact) mass is 197 g/mol. The normalized spacial score (nSPS) is 13.5. The summed E-state index contributed by atoms with van der Waals surface area (Å²) in [5.74, 6) is 0. The highest BCUT2D eigenvalue weighted by Crippen LogP contribution is 2.22. The van der Waals surface area contributed by atoms with E-state index >= 15 is 0 Å². The van der Waals surface area contributed by atoms with Crippen molar-refractivity contribution in [1.29, 1.82) is 0 Å². The van der Waals surface area contributed by atoms with Gasteiger partial charge in [0.05, 0.1) is 0 Å². The minimum atomic E-state index is -0.369. The predicted molar refractivity (Wildman–Crippen MR) is 53.7 cm³/mol. The summed E-state index contributed by atoms with van der Waals surface area (Å²) in [7, 11) is 0. The predicted octanol–water partition coefficient (Wildman–Crippen LogP) is 3.00. The summed E-state index contributed by atoms with van der Waals surface area (Å²) in [4.78, 5) is 12.4. The van der Waals surface area contributed by atoms with E-state index in [9.17, 15) is 4.79 Å². The number of benzene rings is 1. The topological polar surface area (TPSA) is 20.3 Å². The molecule has 70 valence electrons. The first-order chi connectivity index (χ1) is 5.77. The van der Waals surface area contributed by atoms with Crippen LogP contribution in [0.3, 0.4) is 0 Å². The van der Waals surface area contributed by atoms with E-state index in [4.69, 9.17) is 11.6 Å². The lowest BCUT2D eigenvalue weighted by atomic mass is 10.1. The second-order valence-electron chi connectivity index (χ2n) is 2.88. The van der Waals surface area contributed by atoms with Gasteiger partial charge in [-0.25, -0.2) is 0 Å². The molecule has 1 aliphatic rings. The van der Waals surface area contributed by atoms with Gasteiger partial charge in [-0.1, -0.05) is 31.7 Å². The van der Waals surface area contributed by atoms with Gasteiger partial charge in [-0.3, -0.25) is 4.79 Å². The Morgan fingerprint density at radius 1 is 1.23 bits per heavy atom. The van der Waals surface area contributed by atoms with Crippen LogP contribution in [0.1, 0.15) is 18.6 Å². The molecule has 1 aliphatic heterocycles. The Bertz CT molecular complexity index is 299. The fourth-order valence-electron chi connectivity index (χ4n) is 1.46. The zero-order valence-electron chi connectivity index (χ0n) is 6.46. The van der Waals surface area contributed by atoms with Crippen molar-refractivity contribution in [3.8, 4) is 0 Å². The Hall–Kier alpha value is -1.02. The number of carbonyl (C=O) groups excluding carboxylic acids is 1. The third kappa shape index (κ3) is 1.83. The van der Waals surface area contributed by atoms with Gasteiger partial charge >= 0.3 is 5.37 Å². The van der Waals surface area contributed by atoms with Gasteiger partial charge in [0.25, 0.3) is 0 Å². The molecular weight excluding hydrogens is 186 g/mol. The molecule has 0 saturated heterocycles. The first kappa shape index (κ1) is 10.1. The minimum absolute atomic E-state index is 0. The molecule has 0 spiro atoms. The molecule has 2 nitrogen and oxygen atoms in total. The average Bonchev–Trinajstić information content (AvgIpc) is 2.46. The lowest BCUT2D eigenvalue weighted by Crippen LogP contribution is -2.18. The fraction of sp³-hybridized carbons (Fsp3) is 0.300. The van der Waals surface area contributed by atoms with E-state index in [0.717, 1.165) is 0 Å². The van der Waals surface area contributed by atoms with Crippen LogP contribution in [0.25, 0.3) is 0 Å². The van der Waals surface area contributed by atoms with Gasteiger partial charge in [0.15, 0.2) is 0 Å². The molecule has 0 aromatic heterocycles. The molecule has 0 saturated carbocycles. The van der Waals surface area contributed by atoms with Gasteiger partial charge in [-0.05, 0) is 22.7 Å². The Kier molecular flexibility index (Phi) is 2.94. The largest absolute Gasteiger partial charge is 0.321 e. The maximum absolute atomic E-state index is 10.8.